The van der Waals surface area contributed by atoms with Crippen LogP contribution in [0.3, 0.4) is 0 Å². The minimum Gasteiger partial charge on any atom is -0.307 e. The van der Waals surface area contributed by atoms with E-state index in [2.05, 4.69) is 5.32 Å². The molecule has 0 aliphatic rings. The molecule has 1 aromatic carbocycles. The number of amides is 2. The molecule has 0 heterocycles. The van der Waals surface area contributed by atoms with Gasteiger partial charge in [-0.1, -0.05) is 17.7 Å². The Balaban J connectivity index is 2.56. The monoisotopic (exact) mass is 232 g/mol. The van der Waals surface area contributed by atoms with E-state index in [-0.39, 0.29) is 0 Å². The number of hydrogen-bond donors (Lipinski definition) is 2. The maximum atomic E-state index is 11.0. The first-order chi connectivity index (χ1) is 6.58. The number of aryl methyl sites for hydroxylation is 1. The van der Waals surface area contributed by atoms with Crippen LogP contribution in [0, 0.1) is 6.92 Å². The summed E-state index contributed by atoms with van der Waals surface area (Å²) in [5.74, 6) is 0. The van der Waals surface area contributed by atoms with Gasteiger partial charge in [-0.05, 0) is 19.1 Å². The molecule has 0 saturated heterocycles. The van der Waals surface area contributed by atoms with Crippen LogP contribution in [0.2, 0.25) is 0 Å². The fourth-order valence-electron chi connectivity index (χ4n) is 0.866. The van der Waals surface area contributed by atoms with Gasteiger partial charge < -0.3 is 5.32 Å². The first-order valence-electron chi connectivity index (χ1n) is 3.80. The van der Waals surface area contributed by atoms with Crippen LogP contribution in [0.25, 0.3) is 0 Å². The molecule has 6 heteroatoms. The van der Waals surface area contributed by atoms with Gasteiger partial charge in [-0.2, -0.15) is 0 Å². The molecule has 1 atom stereocenters. The molecular formula is C8H9ClN2O2S. The van der Waals surface area contributed by atoms with Crippen molar-refractivity contribution in [1.82, 2.24) is 4.72 Å². The van der Waals surface area contributed by atoms with Gasteiger partial charge in [0, 0.05) is 16.4 Å². The number of urea groups is 1. The number of hydrogen-bond acceptors (Lipinski definition) is 2. The van der Waals surface area contributed by atoms with E-state index in [4.69, 9.17) is 10.7 Å². The highest BCUT2D eigenvalue weighted by molar-refractivity contribution is 8.07. The average molecular weight is 233 g/mol. The van der Waals surface area contributed by atoms with Crippen molar-refractivity contribution in [2.45, 2.75) is 6.92 Å². The van der Waals surface area contributed by atoms with Crippen LogP contribution in [0.15, 0.2) is 24.3 Å². The van der Waals surface area contributed by atoms with E-state index in [1.54, 1.807) is 12.1 Å². The maximum Gasteiger partial charge on any atom is 0.331 e. The highest BCUT2D eigenvalue weighted by atomic mass is 35.7. The molecule has 76 valence electrons. The molecule has 1 aromatic rings. The first-order valence-corrected chi connectivity index (χ1v) is 5.78. The van der Waals surface area contributed by atoms with Crippen LogP contribution in [-0.2, 0) is 10.2 Å². The fourth-order valence-corrected chi connectivity index (χ4v) is 1.27. The third-order valence-electron chi connectivity index (χ3n) is 1.48. The zero-order chi connectivity index (χ0) is 10.6. The summed E-state index contributed by atoms with van der Waals surface area (Å²) in [6.45, 7) is 1.94. The third kappa shape index (κ3) is 3.76. The SMILES string of the molecule is Cc1ccc(NC(=O)NS(=O)Cl)cc1. The lowest BCUT2D eigenvalue weighted by atomic mass is 10.2. The normalized spacial score (nSPS) is 11.9. The van der Waals surface area contributed by atoms with Gasteiger partial charge in [0.1, 0.15) is 0 Å². The molecule has 1 rings (SSSR count). The van der Waals surface area contributed by atoms with E-state index >= 15 is 0 Å². The van der Waals surface area contributed by atoms with Gasteiger partial charge in [-0.3, -0.25) is 0 Å². The fraction of sp³-hybridized carbons (Fsp3) is 0.125. The zero-order valence-electron chi connectivity index (χ0n) is 7.41. The van der Waals surface area contributed by atoms with Gasteiger partial charge in [-0.15, -0.1) is 0 Å². The molecule has 0 radical (unpaired) electrons. The van der Waals surface area contributed by atoms with Gasteiger partial charge in [0.05, 0.1) is 0 Å². The molecule has 0 fully saturated rings. The topological polar surface area (TPSA) is 58.2 Å². The standard InChI is InChI=1S/C8H9ClN2O2S/c1-6-2-4-7(5-3-6)10-8(12)11-14(9)13/h2-5H,1H3,(H2,10,11,12). The minimum atomic E-state index is -1.86. The number of benzene rings is 1. The Morgan fingerprint density at radius 3 is 2.43 bits per heavy atom. The van der Waals surface area contributed by atoms with Gasteiger partial charge in [0.25, 0.3) is 0 Å². The highest BCUT2D eigenvalue weighted by Crippen LogP contribution is 2.08. The Morgan fingerprint density at radius 2 is 1.93 bits per heavy atom. The first kappa shape index (κ1) is 11.0. The number of nitrogens with one attached hydrogen (secondary N) is 2. The van der Waals surface area contributed by atoms with Crippen LogP contribution in [0.1, 0.15) is 5.56 Å². The Labute approximate surface area is 88.7 Å². The number of carbonyl (C=O) groups excluding carboxylic acids is 1. The summed E-state index contributed by atoms with van der Waals surface area (Å²) in [5, 5.41) is 2.47. The second kappa shape index (κ2) is 4.97. The van der Waals surface area contributed by atoms with Crippen molar-refractivity contribution in [2.75, 3.05) is 5.32 Å². The number of rotatable bonds is 2. The van der Waals surface area contributed by atoms with E-state index < -0.39 is 16.2 Å². The molecule has 0 aliphatic carbocycles. The van der Waals surface area contributed by atoms with Crippen LogP contribution in [0.4, 0.5) is 10.5 Å². The minimum absolute atomic E-state index is 0.595. The van der Waals surface area contributed by atoms with Crippen molar-refractivity contribution < 1.29 is 9.00 Å². The molecule has 0 saturated carbocycles. The Bertz CT molecular complexity index is 353. The summed E-state index contributed by atoms with van der Waals surface area (Å²) < 4.78 is 12.4. The summed E-state index contributed by atoms with van der Waals surface area (Å²) >= 11 is 0. The van der Waals surface area contributed by atoms with Gasteiger partial charge in [-0.25, -0.2) is 13.7 Å². The lowest BCUT2D eigenvalue weighted by Crippen LogP contribution is -2.27. The lowest BCUT2D eigenvalue weighted by molar-refractivity contribution is 0.257. The number of anilines is 1. The summed E-state index contributed by atoms with van der Waals surface area (Å²) in [4.78, 5) is 11.0. The molecule has 1 unspecified atom stereocenters. The Kier molecular flexibility index (Phi) is 3.91. The molecular weight excluding hydrogens is 224 g/mol. The molecule has 0 aromatic heterocycles. The van der Waals surface area contributed by atoms with Crippen LogP contribution in [0.5, 0.6) is 0 Å². The quantitative estimate of drug-likeness (QED) is 0.766. The van der Waals surface area contributed by atoms with Gasteiger partial charge in [0.2, 0.25) is 10.2 Å². The van der Waals surface area contributed by atoms with Gasteiger partial charge >= 0.3 is 6.03 Å². The van der Waals surface area contributed by atoms with Crippen molar-refractivity contribution in [3.63, 3.8) is 0 Å². The van der Waals surface area contributed by atoms with E-state index in [0.29, 0.717) is 5.69 Å². The molecule has 0 spiro atoms. The summed E-state index contributed by atoms with van der Waals surface area (Å²) in [6, 6.07) is 6.60. The van der Waals surface area contributed by atoms with E-state index in [0.717, 1.165) is 5.56 Å². The second-order valence-corrected chi connectivity index (χ2v) is 4.14. The van der Waals surface area contributed by atoms with Crippen molar-refractivity contribution in [3.05, 3.63) is 29.8 Å². The smallest absolute Gasteiger partial charge is 0.307 e. The van der Waals surface area contributed by atoms with Crippen molar-refractivity contribution in [2.24, 2.45) is 0 Å². The van der Waals surface area contributed by atoms with Crippen LogP contribution >= 0.6 is 10.7 Å². The maximum absolute atomic E-state index is 11.0. The Morgan fingerprint density at radius 1 is 1.36 bits per heavy atom. The molecule has 0 bridgehead atoms. The highest BCUT2D eigenvalue weighted by Gasteiger charge is 2.02. The van der Waals surface area contributed by atoms with Crippen molar-refractivity contribution in [1.29, 1.82) is 0 Å². The van der Waals surface area contributed by atoms with Crippen molar-refractivity contribution >= 4 is 32.6 Å². The predicted molar refractivity (Wildman–Crippen MR) is 57.3 cm³/mol. The molecule has 2 amide bonds. The van der Waals surface area contributed by atoms with Crippen LogP contribution in [-0.4, -0.2) is 10.2 Å². The number of halogens is 1. The number of carbonyl (C=O) groups is 1. The second-order valence-electron chi connectivity index (χ2n) is 2.65. The van der Waals surface area contributed by atoms with Crippen LogP contribution < -0.4 is 10.0 Å². The third-order valence-corrected chi connectivity index (χ3v) is 2.06. The summed E-state index contributed by atoms with van der Waals surface area (Å²) in [5.41, 5.74) is 1.71. The van der Waals surface area contributed by atoms with E-state index in [1.807, 2.05) is 23.8 Å². The largest absolute Gasteiger partial charge is 0.331 e. The van der Waals surface area contributed by atoms with E-state index in [9.17, 15) is 9.00 Å². The lowest BCUT2D eigenvalue weighted by Gasteiger charge is -2.04. The summed E-state index contributed by atoms with van der Waals surface area (Å²) in [7, 11) is 3.20. The Hall–Kier alpha value is -1.07. The predicted octanol–water partition coefficient (Wildman–Crippen LogP) is 1.93. The molecule has 14 heavy (non-hydrogen) atoms. The molecule has 0 aliphatic heterocycles. The van der Waals surface area contributed by atoms with Crippen molar-refractivity contribution in [3.8, 4) is 0 Å². The van der Waals surface area contributed by atoms with E-state index in [1.165, 1.54) is 0 Å². The molecule has 2 N–H and O–H groups in total. The van der Waals surface area contributed by atoms with Gasteiger partial charge in [0.15, 0.2) is 0 Å². The average Bonchev–Trinajstić information content (AvgIpc) is 2.07. The molecule has 4 nitrogen and oxygen atoms in total. The summed E-state index contributed by atoms with van der Waals surface area (Å²) in [6.07, 6.45) is 0. The zero-order valence-corrected chi connectivity index (χ0v) is 8.98.